The van der Waals surface area contributed by atoms with Crippen molar-refractivity contribution in [1.82, 2.24) is 0 Å². The number of aliphatic hydroxyl groups is 1. The Kier molecular flexibility index (Phi) is 4.25. The molecule has 0 radical (unpaired) electrons. The van der Waals surface area contributed by atoms with Gasteiger partial charge in [-0.1, -0.05) is 18.6 Å². The van der Waals surface area contributed by atoms with E-state index in [-0.39, 0.29) is 5.60 Å². The number of methoxy groups -OCH3 is 1. The zero-order valence-corrected chi connectivity index (χ0v) is 16.0. The molecule has 0 aromatic heterocycles. The van der Waals surface area contributed by atoms with Crippen molar-refractivity contribution in [2.24, 2.45) is 29.1 Å². The van der Waals surface area contributed by atoms with E-state index in [9.17, 15) is 5.11 Å². The van der Waals surface area contributed by atoms with Crippen molar-refractivity contribution in [2.75, 3.05) is 7.11 Å². The third kappa shape index (κ3) is 2.70. The van der Waals surface area contributed by atoms with Gasteiger partial charge in [0.15, 0.2) is 0 Å². The Hall–Kier alpha value is -0.340. The predicted octanol–water partition coefficient (Wildman–Crippen LogP) is 4.96. The fourth-order valence-electron chi connectivity index (χ4n) is 6.32. The highest BCUT2D eigenvalue weighted by atomic mass is 16.5. The monoisotopic (exact) mass is 320 g/mol. The molecule has 3 rings (SSSR count). The largest absolute Gasteiger partial charge is 0.390 e. The number of fused-ring (bicyclic) bond motifs is 3. The van der Waals surface area contributed by atoms with Crippen LogP contribution in [0.1, 0.15) is 73.1 Å². The van der Waals surface area contributed by atoms with Crippen molar-refractivity contribution in [1.29, 1.82) is 0 Å². The summed E-state index contributed by atoms with van der Waals surface area (Å²) in [6.07, 6.45) is 9.32. The van der Waals surface area contributed by atoms with Gasteiger partial charge >= 0.3 is 0 Å². The lowest BCUT2D eigenvalue weighted by atomic mass is 9.72. The van der Waals surface area contributed by atoms with Gasteiger partial charge in [-0.3, -0.25) is 0 Å². The molecule has 0 aromatic rings. The van der Waals surface area contributed by atoms with Gasteiger partial charge in [-0.05, 0) is 95.3 Å². The van der Waals surface area contributed by atoms with E-state index in [1.807, 2.05) is 7.11 Å². The summed E-state index contributed by atoms with van der Waals surface area (Å²) in [7, 11) is 1.87. The average molecular weight is 321 g/mol. The van der Waals surface area contributed by atoms with Gasteiger partial charge in [0.05, 0.1) is 11.2 Å². The molecule has 132 valence electrons. The summed E-state index contributed by atoms with van der Waals surface area (Å²) in [5, 5.41) is 11.1. The van der Waals surface area contributed by atoms with E-state index in [1.165, 1.54) is 24.8 Å². The number of rotatable bonds is 4. The Morgan fingerprint density at radius 3 is 2.35 bits per heavy atom. The van der Waals surface area contributed by atoms with Crippen molar-refractivity contribution in [3.05, 3.63) is 11.6 Å². The van der Waals surface area contributed by atoms with Gasteiger partial charge in [0.25, 0.3) is 0 Å². The van der Waals surface area contributed by atoms with Crippen LogP contribution in [0.5, 0.6) is 0 Å². The van der Waals surface area contributed by atoms with E-state index in [4.69, 9.17) is 4.74 Å². The van der Waals surface area contributed by atoms with E-state index in [2.05, 4.69) is 40.7 Å². The maximum Gasteiger partial charge on any atom is 0.0682 e. The standard InChI is InChI=1S/C21H36O2/c1-14(2)8-7-11-19(3)15-10-13-21(5,23-6)16-9-12-20(4,22)18(16)17(15)19/h8,15-18,22H,7,9-13H2,1-6H3/t15-,16-,17-,18-,19+,20+,21-/m1/s1. The van der Waals surface area contributed by atoms with Gasteiger partial charge < -0.3 is 9.84 Å². The quantitative estimate of drug-likeness (QED) is 0.742. The first kappa shape index (κ1) is 17.5. The van der Waals surface area contributed by atoms with Gasteiger partial charge in [0.1, 0.15) is 0 Å². The molecule has 3 fully saturated rings. The maximum absolute atomic E-state index is 11.1. The van der Waals surface area contributed by atoms with Crippen molar-refractivity contribution < 1.29 is 9.84 Å². The summed E-state index contributed by atoms with van der Waals surface area (Å²) in [5.41, 5.74) is 1.30. The highest BCUT2D eigenvalue weighted by Gasteiger charge is 2.71. The minimum Gasteiger partial charge on any atom is -0.390 e. The minimum atomic E-state index is -0.508. The van der Waals surface area contributed by atoms with Crippen molar-refractivity contribution in [3.63, 3.8) is 0 Å². The molecule has 3 aliphatic carbocycles. The van der Waals surface area contributed by atoms with Gasteiger partial charge in [0.2, 0.25) is 0 Å². The van der Waals surface area contributed by atoms with Crippen LogP contribution in [0.2, 0.25) is 0 Å². The summed E-state index contributed by atoms with van der Waals surface area (Å²) in [6.45, 7) is 11.2. The first-order chi connectivity index (χ1) is 10.7. The molecule has 0 spiro atoms. The SMILES string of the molecule is CO[C@]1(C)CC[C@@H]2[C@H]([C@H]3[C@H]1CC[C@]3(C)O)[C@@]2(C)CCC=C(C)C. The molecular weight excluding hydrogens is 284 g/mol. The first-order valence-corrected chi connectivity index (χ1v) is 9.56. The van der Waals surface area contributed by atoms with Crippen LogP contribution in [0.25, 0.3) is 0 Å². The fraction of sp³-hybridized carbons (Fsp3) is 0.905. The molecule has 2 heteroatoms. The Labute approximate surface area is 142 Å². The van der Waals surface area contributed by atoms with Crippen LogP contribution in [0.4, 0.5) is 0 Å². The fourth-order valence-corrected chi connectivity index (χ4v) is 6.32. The number of hydrogen-bond donors (Lipinski definition) is 1. The van der Waals surface area contributed by atoms with Crippen LogP contribution in [-0.4, -0.2) is 23.4 Å². The van der Waals surface area contributed by atoms with Gasteiger partial charge in [0, 0.05) is 7.11 Å². The van der Waals surface area contributed by atoms with Crippen LogP contribution < -0.4 is 0 Å². The second-order valence-corrected chi connectivity index (χ2v) is 9.54. The molecule has 0 saturated heterocycles. The molecule has 0 amide bonds. The summed E-state index contributed by atoms with van der Waals surface area (Å²) >= 11 is 0. The van der Waals surface area contributed by atoms with Gasteiger partial charge in [-0.15, -0.1) is 0 Å². The number of ether oxygens (including phenoxy) is 1. The molecule has 3 saturated carbocycles. The second kappa shape index (κ2) is 5.59. The van der Waals surface area contributed by atoms with Gasteiger partial charge in [-0.25, -0.2) is 0 Å². The Morgan fingerprint density at radius 2 is 1.74 bits per heavy atom. The normalized spacial score (nSPS) is 51.6. The lowest BCUT2D eigenvalue weighted by molar-refractivity contribution is -0.0893. The topological polar surface area (TPSA) is 29.5 Å². The average Bonchev–Trinajstić information content (AvgIpc) is 2.94. The molecule has 0 aliphatic heterocycles. The summed E-state index contributed by atoms with van der Waals surface area (Å²) < 4.78 is 5.99. The maximum atomic E-state index is 11.1. The van der Waals surface area contributed by atoms with Crippen molar-refractivity contribution in [3.8, 4) is 0 Å². The molecule has 23 heavy (non-hydrogen) atoms. The van der Waals surface area contributed by atoms with Crippen molar-refractivity contribution >= 4 is 0 Å². The zero-order valence-electron chi connectivity index (χ0n) is 16.0. The molecule has 0 unspecified atom stereocenters. The van der Waals surface area contributed by atoms with Crippen molar-refractivity contribution in [2.45, 2.75) is 84.3 Å². The third-order valence-electron chi connectivity index (χ3n) is 7.87. The number of hydrogen-bond acceptors (Lipinski definition) is 2. The van der Waals surface area contributed by atoms with Crippen LogP contribution in [0.3, 0.4) is 0 Å². The molecule has 0 heterocycles. The Bertz CT molecular complexity index is 490. The number of allylic oxidation sites excluding steroid dienone is 2. The van der Waals surface area contributed by atoms with Gasteiger partial charge in [-0.2, -0.15) is 0 Å². The highest BCUT2D eigenvalue weighted by molar-refractivity contribution is 5.20. The van der Waals surface area contributed by atoms with E-state index in [1.54, 1.807) is 0 Å². The van der Waals surface area contributed by atoms with Crippen LogP contribution in [0, 0.1) is 29.1 Å². The first-order valence-electron chi connectivity index (χ1n) is 9.56. The van der Waals surface area contributed by atoms with E-state index >= 15 is 0 Å². The van der Waals surface area contributed by atoms with Crippen LogP contribution in [-0.2, 0) is 4.74 Å². The Balaban J connectivity index is 1.84. The lowest BCUT2D eigenvalue weighted by Gasteiger charge is -2.40. The van der Waals surface area contributed by atoms with E-state index < -0.39 is 5.60 Å². The molecule has 2 nitrogen and oxygen atoms in total. The molecule has 7 atom stereocenters. The predicted molar refractivity (Wildman–Crippen MR) is 95.2 cm³/mol. The second-order valence-electron chi connectivity index (χ2n) is 9.54. The van der Waals surface area contributed by atoms with Crippen LogP contribution >= 0.6 is 0 Å². The summed E-state index contributed by atoms with van der Waals surface area (Å²) in [4.78, 5) is 0. The smallest absolute Gasteiger partial charge is 0.0682 e. The minimum absolute atomic E-state index is 0.0423. The van der Waals surface area contributed by atoms with Crippen LogP contribution in [0.15, 0.2) is 11.6 Å². The molecule has 3 aliphatic rings. The summed E-state index contributed by atoms with van der Waals surface area (Å²) in [6, 6.07) is 0. The molecule has 1 N–H and O–H groups in total. The molecule has 0 bridgehead atoms. The molecule has 0 aromatic carbocycles. The third-order valence-corrected chi connectivity index (χ3v) is 7.87. The molecular formula is C21H36O2. The highest BCUT2D eigenvalue weighted by Crippen LogP contribution is 2.73. The zero-order chi connectivity index (χ0) is 17.0. The Morgan fingerprint density at radius 1 is 1.09 bits per heavy atom. The van der Waals surface area contributed by atoms with E-state index in [0.29, 0.717) is 23.2 Å². The summed E-state index contributed by atoms with van der Waals surface area (Å²) in [5.74, 6) is 2.40. The van der Waals surface area contributed by atoms with E-state index in [0.717, 1.165) is 25.2 Å². The lowest BCUT2D eigenvalue weighted by Crippen LogP contribution is -2.44.